The molecule has 7 heteroatoms. The van der Waals surface area contributed by atoms with E-state index < -0.39 is 0 Å². The third kappa shape index (κ3) is 2.51. The molecule has 0 saturated carbocycles. The van der Waals surface area contributed by atoms with E-state index in [9.17, 15) is 4.79 Å². The van der Waals surface area contributed by atoms with Crippen molar-refractivity contribution >= 4 is 34.9 Å². The molecule has 0 radical (unpaired) electrons. The SMILES string of the molecule is C[C@H]1c2cc(Cl)c(Cl)cc2CCN1C(=O)c1nccnc1N. The zero-order valence-electron chi connectivity index (χ0n) is 11.9. The zero-order chi connectivity index (χ0) is 15.9. The highest BCUT2D eigenvalue weighted by Gasteiger charge is 2.30. The highest BCUT2D eigenvalue weighted by Crippen LogP contribution is 2.35. The number of anilines is 1. The number of hydrogen-bond donors (Lipinski definition) is 1. The molecule has 2 heterocycles. The van der Waals surface area contributed by atoms with E-state index in [2.05, 4.69) is 9.97 Å². The summed E-state index contributed by atoms with van der Waals surface area (Å²) in [5.41, 5.74) is 8.04. The molecular formula is C15H14Cl2N4O. The summed E-state index contributed by atoms with van der Waals surface area (Å²) in [6, 6.07) is 3.56. The predicted molar refractivity (Wildman–Crippen MR) is 86.1 cm³/mol. The number of halogens is 2. The standard InChI is InChI=1S/C15H14Cl2N4O/c1-8-10-7-12(17)11(16)6-9(10)2-5-21(8)15(22)13-14(18)20-4-3-19-13/h3-4,6-8H,2,5H2,1H3,(H2,18,20)/t8-/m0/s1. The number of nitrogen functional groups attached to an aromatic ring is 1. The van der Waals surface area contributed by atoms with E-state index in [-0.39, 0.29) is 23.5 Å². The van der Waals surface area contributed by atoms with Crippen LogP contribution < -0.4 is 5.73 Å². The lowest BCUT2D eigenvalue weighted by molar-refractivity contribution is 0.0672. The average Bonchev–Trinajstić information content (AvgIpc) is 2.50. The fourth-order valence-electron chi connectivity index (χ4n) is 2.74. The molecule has 0 bridgehead atoms. The van der Waals surface area contributed by atoms with Crippen molar-refractivity contribution in [3.8, 4) is 0 Å². The second kappa shape index (κ2) is 5.74. The molecule has 22 heavy (non-hydrogen) atoms. The van der Waals surface area contributed by atoms with Crippen molar-refractivity contribution in [1.29, 1.82) is 0 Å². The molecule has 1 amide bonds. The van der Waals surface area contributed by atoms with E-state index in [0.717, 1.165) is 11.1 Å². The first kappa shape index (κ1) is 15.1. The molecule has 114 valence electrons. The Labute approximate surface area is 138 Å². The molecule has 1 aromatic heterocycles. The monoisotopic (exact) mass is 336 g/mol. The Hall–Kier alpha value is -1.85. The zero-order valence-corrected chi connectivity index (χ0v) is 13.4. The van der Waals surface area contributed by atoms with Crippen LogP contribution in [0.1, 0.15) is 34.6 Å². The summed E-state index contributed by atoms with van der Waals surface area (Å²) >= 11 is 12.2. The summed E-state index contributed by atoms with van der Waals surface area (Å²) in [5, 5.41) is 1.02. The van der Waals surface area contributed by atoms with Crippen LogP contribution in [-0.2, 0) is 6.42 Å². The third-order valence-corrected chi connectivity index (χ3v) is 4.63. The first-order valence-electron chi connectivity index (χ1n) is 6.84. The van der Waals surface area contributed by atoms with Crippen LogP contribution in [0.2, 0.25) is 10.0 Å². The Morgan fingerprint density at radius 3 is 2.68 bits per heavy atom. The summed E-state index contributed by atoms with van der Waals surface area (Å²) in [4.78, 5) is 22.4. The van der Waals surface area contributed by atoms with Crippen LogP contribution in [-0.4, -0.2) is 27.3 Å². The van der Waals surface area contributed by atoms with Gasteiger partial charge in [0, 0.05) is 18.9 Å². The number of carbonyl (C=O) groups excluding carboxylic acids is 1. The van der Waals surface area contributed by atoms with Crippen LogP contribution in [0.15, 0.2) is 24.5 Å². The smallest absolute Gasteiger partial charge is 0.276 e. The molecule has 5 nitrogen and oxygen atoms in total. The number of carbonyl (C=O) groups is 1. The lowest BCUT2D eigenvalue weighted by Gasteiger charge is -2.35. The lowest BCUT2D eigenvalue weighted by Crippen LogP contribution is -2.39. The molecule has 0 fully saturated rings. The van der Waals surface area contributed by atoms with Crippen LogP contribution in [0.25, 0.3) is 0 Å². The van der Waals surface area contributed by atoms with Gasteiger partial charge in [0.15, 0.2) is 11.5 Å². The summed E-state index contributed by atoms with van der Waals surface area (Å²) < 4.78 is 0. The molecule has 1 aliphatic rings. The van der Waals surface area contributed by atoms with Gasteiger partial charge >= 0.3 is 0 Å². The third-order valence-electron chi connectivity index (χ3n) is 3.91. The van der Waals surface area contributed by atoms with Crippen LogP contribution in [0, 0.1) is 0 Å². The number of hydrogen-bond acceptors (Lipinski definition) is 4. The second-order valence-electron chi connectivity index (χ2n) is 5.18. The molecule has 1 aliphatic heterocycles. The maximum atomic E-state index is 12.7. The molecule has 1 atom stereocenters. The van der Waals surface area contributed by atoms with Gasteiger partial charge in [0.2, 0.25) is 0 Å². The van der Waals surface area contributed by atoms with Gasteiger partial charge in [-0.15, -0.1) is 0 Å². The van der Waals surface area contributed by atoms with Gasteiger partial charge < -0.3 is 10.6 Å². The summed E-state index contributed by atoms with van der Waals surface area (Å²) in [6.07, 6.45) is 3.63. The van der Waals surface area contributed by atoms with Crippen molar-refractivity contribution < 1.29 is 4.79 Å². The number of nitrogens with two attached hydrogens (primary N) is 1. The maximum absolute atomic E-state index is 12.7. The molecule has 3 rings (SSSR count). The molecule has 0 saturated heterocycles. The van der Waals surface area contributed by atoms with Crippen molar-refractivity contribution in [2.45, 2.75) is 19.4 Å². The van der Waals surface area contributed by atoms with Gasteiger partial charge in [-0.2, -0.15) is 0 Å². The van der Waals surface area contributed by atoms with Crippen LogP contribution in [0.4, 0.5) is 5.82 Å². The van der Waals surface area contributed by atoms with E-state index in [1.807, 2.05) is 19.1 Å². The minimum Gasteiger partial charge on any atom is -0.382 e. The summed E-state index contributed by atoms with van der Waals surface area (Å²) in [7, 11) is 0. The molecule has 0 aliphatic carbocycles. The summed E-state index contributed by atoms with van der Waals surface area (Å²) in [6.45, 7) is 2.52. The Morgan fingerprint density at radius 1 is 1.27 bits per heavy atom. The van der Waals surface area contributed by atoms with Crippen molar-refractivity contribution in [3.05, 3.63) is 51.4 Å². The van der Waals surface area contributed by atoms with E-state index >= 15 is 0 Å². The topological polar surface area (TPSA) is 72.1 Å². The lowest BCUT2D eigenvalue weighted by atomic mass is 9.93. The van der Waals surface area contributed by atoms with Crippen LogP contribution in [0.3, 0.4) is 0 Å². The minimum absolute atomic E-state index is 0.132. The molecule has 0 unspecified atom stereocenters. The number of aromatic nitrogens is 2. The minimum atomic E-state index is -0.227. The van der Waals surface area contributed by atoms with E-state index in [1.54, 1.807) is 4.90 Å². The van der Waals surface area contributed by atoms with Crippen molar-refractivity contribution in [1.82, 2.24) is 14.9 Å². The van der Waals surface area contributed by atoms with E-state index in [0.29, 0.717) is 23.0 Å². The van der Waals surface area contributed by atoms with Gasteiger partial charge in [-0.3, -0.25) is 4.79 Å². The predicted octanol–water partition coefficient (Wildman–Crippen LogP) is 3.13. The summed E-state index contributed by atoms with van der Waals surface area (Å²) in [5.74, 6) is -0.0885. The second-order valence-corrected chi connectivity index (χ2v) is 5.99. The molecule has 0 spiro atoms. The van der Waals surface area contributed by atoms with Crippen LogP contribution >= 0.6 is 23.2 Å². The first-order chi connectivity index (χ1) is 10.5. The number of nitrogens with zero attached hydrogens (tertiary/aromatic N) is 3. The van der Waals surface area contributed by atoms with Gasteiger partial charge in [-0.25, -0.2) is 9.97 Å². The number of benzene rings is 1. The molecule has 2 aromatic rings. The molecule has 1 aromatic carbocycles. The molecular weight excluding hydrogens is 323 g/mol. The Balaban J connectivity index is 1.96. The van der Waals surface area contributed by atoms with Crippen molar-refractivity contribution in [2.24, 2.45) is 0 Å². The normalized spacial score (nSPS) is 17.2. The van der Waals surface area contributed by atoms with Crippen molar-refractivity contribution in [3.63, 3.8) is 0 Å². The quantitative estimate of drug-likeness (QED) is 0.868. The van der Waals surface area contributed by atoms with Gasteiger partial charge in [0.1, 0.15) is 0 Å². The van der Waals surface area contributed by atoms with Crippen LogP contribution in [0.5, 0.6) is 0 Å². The fraction of sp³-hybridized carbons (Fsp3) is 0.267. The number of amides is 1. The Kier molecular flexibility index (Phi) is 3.93. The number of fused-ring (bicyclic) bond motifs is 1. The highest BCUT2D eigenvalue weighted by atomic mass is 35.5. The Morgan fingerprint density at radius 2 is 1.95 bits per heavy atom. The Bertz CT molecular complexity index is 750. The van der Waals surface area contributed by atoms with Crippen molar-refractivity contribution in [2.75, 3.05) is 12.3 Å². The molecule has 2 N–H and O–H groups in total. The first-order valence-corrected chi connectivity index (χ1v) is 7.60. The number of rotatable bonds is 1. The maximum Gasteiger partial charge on any atom is 0.276 e. The van der Waals surface area contributed by atoms with E-state index in [1.165, 1.54) is 12.4 Å². The van der Waals surface area contributed by atoms with Gasteiger partial charge in [0.25, 0.3) is 5.91 Å². The highest BCUT2D eigenvalue weighted by molar-refractivity contribution is 6.42. The average molecular weight is 337 g/mol. The van der Waals surface area contributed by atoms with E-state index in [4.69, 9.17) is 28.9 Å². The largest absolute Gasteiger partial charge is 0.382 e. The fourth-order valence-corrected chi connectivity index (χ4v) is 3.10. The van der Waals surface area contributed by atoms with Gasteiger partial charge in [0.05, 0.1) is 16.1 Å². The van der Waals surface area contributed by atoms with Gasteiger partial charge in [-0.1, -0.05) is 23.2 Å². The van der Waals surface area contributed by atoms with Gasteiger partial charge in [-0.05, 0) is 36.6 Å².